The number of hydrogen-bond acceptors (Lipinski definition) is 8. The van der Waals surface area contributed by atoms with Crippen molar-refractivity contribution < 1.29 is 43.0 Å². The van der Waals surface area contributed by atoms with Crippen LogP contribution in [0.15, 0.2) is 60.8 Å². The summed E-state index contributed by atoms with van der Waals surface area (Å²) in [4.78, 5) is 22.5. The average Bonchev–Trinajstić information content (AvgIpc) is 3.10. The summed E-state index contributed by atoms with van der Waals surface area (Å²) >= 11 is 0. The van der Waals surface area contributed by atoms with Crippen LogP contribution in [0, 0.1) is 0 Å². The molecule has 0 spiro atoms. The maximum absolute atomic E-state index is 12.5. The predicted molar refractivity (Wildman–Crippen MR) is 205 cm³/mol. The van der Waals surface area contributed by atoms with Gasteiger partial charge in [-0.05, 0) is 77.0 Å². The zero-order valence-corrected chi connectivity index (χ0v) is 32.2. The van der Waals surface area contributed by atoms with E-state index in [2.05, 4.69) is 74.6 Å². The Balaban J connectivity index is 4.34. The summed E-state index contributed by atoms with van der Waals surface area (Å²) in [6.07, 6.45) is 40.4. The zero-order chi connectivity index (χ0) is 36.8. The molecular weight excluding hydrogens is 655 g/mol. The number of phosphoric acid groups is 1. The van der Waals surface area contributed by atoms with Gasteiger partial charge in [0.05, 0.1) is 26.4 Å². The van der Waals surface area contributed by atoms with Crippen molar-refractivity contribution in [1.82, 2.24) is 0 Å². The standard InChI is InChI=1S/C40H71O9P/c1-3-5-7-9-11-13-15-17-19-20-22-24-26-28-30-32-40(43)49-39(37-48-50(44,45)47-35-38(42)34-41)36-46-33-31-29-27-25-23-21-18-16-14-12-10-8-6-4-2/h5,7,11,13-14,16-17,19,22,24,38-39,41-42H,3-4,6,8-10,12,15,18,20-21,23,25-37H2,1-2H3,(H,44,45)/b7-5-,13-11-,16-14-,19-17-,24-22-. The van der Waals surface area contributed by atoms with Crippen molar-refractivity contribution >= 4 is 13.8 Å². The van der Waals surface area contributed by atoms with Crippen LogP contribution < -0.4 is 0 Å². The maximum Gasteiger partial charge on any atom is 0.472 e. The fraction of sp³-hybridized carbons (Fsp3) is 0.725. The molecule has 0 heterocycles. The van der Waals surface area contributed by atoms with E-state index in [0.717, 1.165) is 64.2 Å². The minimum atomic E-state index is -4.53. The van der Waals surface area contributed by atoms with Crippen LogP contribution in [0.25, 0.3) is 0 Å². The van der Waals surface area contributed by atoms with E-state index in [1.165, 1.54) is 51.4 Å². The Morgan fingerprint density at radius 2 is 1.14 bits per heavy atom. The van der Waals surface area contributed by atoms with Crippen LogP contribution in [0.1, 0.15) is 142 Å². The highest BCUT2D eigenvalue weighted by molar-refractivity contribution is 7.47. The van der Waals surface area contributed by atoms with E-state index in [1.807, 2.05) is 0 Å². The highest BCUT2D eigenvalue weighted by Crippen LogP contribution is 2.43. The number of hydrogen-bond donors (Lipinski definition) is 3. The molecule has 0 aromatic heterocycles. The number of ether oxygens (including phenoxy) is 2. The third-order valence-corrected chi connectivity index (χ3v) is 8.64. The normalized spacial score (nSPS) is 14.9. The number of phosphoric ester groups is 1. The van der Waals surface area contributed by atoms with Crippen LogP contribution >= 0.6 is 7.82 Å². The Morgan fingerprint density at radius 1 is 0.640 bits per heavy atom. The number of aliphatic hydroxyl groups is 2. The lowest BCUT2D eigenvalue weighted by Crippen LogP contribution is -2.29. The summed E-state index contributed by atoms with van der Waals surface area (Å²) in [7, 11) is -4.53. The molecular formula is C40H71O9P. The number of aliphatic hydroxyl groups excluding tert-OH is 2. The van der Waals surface area contributed by atoms with Crippen LogP contribution in [-0.4, -0.2) is 66.3 Å². The highest BCUT2D eigenvalue weighted by Gasteiger charge is 2.26. The molecule has 9 nitrogen and oxygen atoms in total. The van der Waals surface area contributed by atoms with Gasteiger partial charge in [-0.25, -0.2) is 4.57 Å². The van der Waals surface area contributed by atoms with Gasteiger partial charge in [-0.2, -0.15) is 0 Å². The van der Waals surface area contributed by atoms with Gasteiger partial charge in [0.2, 0.25) is 0 Å². The minimum Gasteiger partial charge on any atom is -0.457 e. The number of carbonyl (C=O) groups excluding carboxylic acids is 1. The molecule has 290 valence electrons. The lowest BCUT2D eigenvalue weighted by Gasteiger charge is -2.20. The van der Waals surface area contributed by atoms with Crippen molar-refractivity contribution in [3.63, 3.8) is 0 Å². The minimum absolute atomic E-state index is 0.0255. The number of unbranched alkanes of at least 4 members (excludes halogenated alkanes) is 12. The molecule has 10 heteroatoms. The molecule has 0 aliphatic carbocycles. The first-order chi connectivity index (χ1) is 24.3. The quantitative estimate of drug-likeness (QED) is 0.0250. The average molecular weight is 727 g/mol. The van der Waals surface area contributed by atoms with Crippen LogP contribution in [0.2, 0.25) is 0 Å². The Labute approximate surface area is 304 Å². The van der Waals surface area contributed by atoms with Gasteiger partial charge in [-0.15, -0.1) is 0 Å². The second kappa shape index (κ2) is 36.9. The molecule has 3 unspecified atom stereocenters. The highest BCUT2D eigenvalue weighted by atomic mass is 31.2. The van der Waals surface area contributed by atoms with E-state index < -0.39 is 45.8 Å². The maximum atomic E-state index is 12.5. The van der Waals surface area contributed by atoms with Crippen LogP contribution in [-0.2, 0) is 27.9 Å². The Kier molecular flexibility index (Phi) is 35.6. The van der Waals surface area contributed by atoms with Gasteiger partial charge < -0.3 is 24.6 Å². The molecule has 3 N–H and O–H groups in total. The first kappa shape index (κ1) is 48.2. The fourth-order valence-electron chi connectivity index (χ4n) is 4.75. The number of esters is 1. The summed E-state index contributed by atoms with van der Waals surface area (Å²) in [5.41, 5.74) is 0. The molecule has 0 bridgehead atoms. The molecule has 0 radical (unpaired) electrons. The molecule has 0 rings (SSSR count). The van der Waals surface area contributed by atoms with Gasteiger partial charge in [-0.1, -0.05) is 120 Å². The van der Waals surface area contributed by atoms with Crippen LogP contribution in [0.3, 0.4) is 0 Å². The Bertz CT molecular complexity index is 960. The summed E-state index contributed by atoms with van der Waals surface area (Å²) in [5, 5.41) is 18.3. The monoisotopic (exact) mass is 726 g/mol. The lowest BCUT2D eigenvalue weighted by molar-refractivity contribution is -0.154. The van der Waals surface area contributed by atoms with E-state index >= 15 is 0 Å². The van der Waals surface area contributed by atoms with E-state index in [0.29, 0.717) is 13.0 Å². The van der Waals surface area contributed by atoms with Crippen LogP contribution in [0.5, 0.6) is 0 Å². The lowest BCUT2D eigenvalue weighted by atomic mass is 10.1. The molecule has 0 aliphatic rings. The second-order valence-electron chi connectivity index (χ2n) is 12.6. The SMILES string of the molecule is CC/C=C\C/C=C\C/C=C\C/C=C\CCCCC(=O)OC(COCCCCCCCC/C=C\CCCCCC)COP(=O)(O)OCC(O)CO. The number of rotatable bonds is 36. The van der Waals surface area contributed by atoms with E-state index in [1.54, 1.807) is 0 Å². The smallest absolute Gasteiger partial charge is 0.457 e. The van der Waals surface area contributed by atoms with E-state index in [-0.39, 0.29) is 13.0 Å². The van der Waals surface area contributed by atoms with Crippen molar-refractivity contribution in [1.29, 1.82) is 0 Å². The second-order valence-corrected chi connectivity index (χ2v) is 14.0. The summed E-state index contributed by atoms with van der Waals surface area (Å²) in [5.74, 6) is -0.428. The third kappa shape index (κ3) is 36.0. The van der Waals surface area contributed by atoms with Gasteiger partial charge in [0.1, 0.15) is 12.2 Å². The van der Waals surface area contributed by atoms with Crippen molar-refractivity contribution in [3.05, 3.63) is 60.8 Å². The molecule has 0 aliphatic heterocycles. The Morgan fingerprint density at radius 3 is 1.74 bits per heavy atom. The van der Waals surface area contributed by atoms with E-state index in [9.17, 15) is 19.4 Å². The van der Waals surface area contributed by atoms with Gasteiger partial charge in [-0.3, -0.25) is 13.8 Å². The van der Waals surface area contributed by atoms with Gasteiger partial charge in [0, 0.05) is 13.0 Å². The molecule has 0 amide bonds. The van der Waals surface area contributed by atoms with Gasteiger partial charge in [0.25, 0.3) is 0 Å². The first-order valence-corrected chi connectivity index (χ1v) is 20.8. The number of carbonyl (C=O) groups is 1. The van der Waals surface area contributed by atoms with Crippen molar-refractivity contribution in [3.8, 4) is 0 Å². The summed E-state index contributed by atoms with van der Waals surface area (Å²) < 4.78 is 33.2. The van der Waals surface area contributed by atoms with Crippen molar-refractivity contribution in [2.24, 2.45) is 0 Å². The largest absolute Gasteiger partial charge is 0.472 e. The zero-order valence-electron chi connectivity index (χ0n) is 31.3. The molecule has 0 aromatic carbocycles. The molecule has 0 saturated carbocycles. The topological polar surface area (TPSA) is 132 Å². The predicted octanol–water partition coefficient (Wildman–Crippen LogP) is 10.0. The summed E-state index contributed by atoms with van der Waals surface area (Å²) in [6.45, 7) is 3.29. The molecule has 0 saturated heterocycles. The molecule has 50 heavy (non-hydrogen) atoms. The molecule has 3 atom stereocenters. The van der Waals surface area contributed by atoms with E-state index in [4.69, 9.17) is 23.6 Å². The molecule has 0 fully saturated rings. The first-order valence-electron chi connectivity index (χ1n) is 19.3. The Hall–Kier alpha value is -1.84. The van der Waals surface area contributed by atoms with Crippen LogP contribution in [0.4, 0.5) is 0 Å². The summed E-state index contributed by atoms with van der Waals surface area (Å²) in [6, 6.07) is 0. The third-order valence-electron chi connectivity index (χ3n) is 7.69. The molecule has 0 aromatic rings. The van der Waals surface area contributed by atoms with Gasteiger partial charge in [0.15, 0.2) is 0 Å². The van der Waals surface area contributed by atoms with Crippen molar-refractivity contribution in [2.75, 3.05) is 33.0 Å². The van der Waals surface area contributed by atoms with Crippen molar-refractivity contribution in [2.45, 2.75) is 154 Å². The number of allylic oxidation sites excluding steroid dienone is 10. The van der Waals surface area contributed by atoms with Gasteiger partial charge >= 0.3 is 13.8 Å². The fourth-order valence-corrected chi connectivity index (χ4v) is 5.54.